The molecule has 1 aliphatic carbocycles. The van der Waals surface area contributed by atoms with Gasteiger partial charge in [0.15, 0.2) is 0 Å². The lowest BCUT2D eigenvalue weighted by atomic mass is 9.82. The zero-order valence-electron chi connectivity index (χ0n) is 12.0. The van der Waals surface area contributed by atoms with Gasteiger partial charge in [-0.25, -0.2) is 0 Å². The minimum Gasteiger partial charge on any atom is -0.396 e. The predicted octanol–water partition coefficient (Wildman–Crippen LogP) is 3.44. The summed E-state index contributed by atoms with van der Waals surface area (Å²) in [7, 11) is 2.26. The molecule has 1 N–H and O–H groups in total. The topological polar surface area (TPSA) is 23.5 Å². The summed E-state index contributed by atoms with van der Waals surface area (Å²) in [5, 5.41) is 9.65. The van der Waals surface area contributed by atoms with Gasteiger partial charge in [0.2, 0.25) is 0 Å². The average molecular weight is 241 g/mol. The van der Waals surface area contributed by atoms with Crippen LogP contribution >= 0.6 is 0 Å². The maximum atomic E-state index is 9.65. The Bertz CT molecular complexity index is 185. The van der Waals surface area contributed by atoms with Crippen LogP contribution in [0, 0.1) is 5.41 Å². The molecule has 0 spiro atoms. The molecule has 0 bridgehead atoms. The first-order valence-corrected chi connectivity index (χ1v) is 7.48. The highest BCUT2D eigenvalue weighted by Gasteiger charge is 2.29. The quantitative estimate of drug-likeness (QED) is 0.720. The van der Waals surface area contributed by atoms with Gasteiger partial charge in [0.05, 0.1) is 0 Å². The standard InChI is InChI=1S/C15H31NO/c1-4-15(5-2,13-17)12-16(3)14-10-8-6-7-9-11-14/h14,17H,4-13H2,1-3H3. The average Bonchev–Trinajstić information content (AvgIpc) is 2.65. The summed E-state index contributed by atoms with van der Waals surface area (Å²) in [5.74, 6) is 0. The number of rotatable bonds is 6. The fourth-order valence-electron chi connectivity index (χ4n) is 3.10. The van der Waals surface area contributed by atoms with Gasteiger partial charge >= 0.3 is 0 Å². The van der Waals surface area contributed by atoms with Gasteiger partial charge in [0, 0.05) is 24.6 Å². The van der Waals surface area contributed by atoms with Crippen molar-refractivity contribution in [1.29, 1.82) is 0 Å². The van der Waals surface area contributed by atoms with E-state index in [9.17, 15) is 5.11 Å². The van der Waals surface area contributed by atoms with E-state index >= 15 is 0 Å². The Kier molecular flexibility index (Phi) is 6.50. The van der Waals surface area contributed by atoms with Crippen molar-refractivity contribution in [3.63, 3.8) is 0 Å². The van der Waals surface area contributed by atoms with Crippen molar-refractivity contribution in [2.75, 3.05) is 20.2 Å². The minimum absolute atomic E-state index is 0.126. The van der Waals surface area contributed by atoms with Gasteiger partial charge in [-0.2, -0.15) is 0 Å². The molecule has 0 amide bonds. The molecule has 1 rings (SSSR count). The molecular formula is C15H31NO. The van der Waals surface area contributed by atoms with Crippen LogP contribution in [-0.4, -0.2) is 36.2 Å². The van der Waals surface area contributed by atoms with Crippen molar-refractivity contribution in [3.05, 3.63) is 0 Å². The number of hydrogen-bond acceptors (Lipinski definition) is 2. The first-order valence-electron chi connectivity index (χ1n) is 7.48. The SMILES string of the molecule is CCC(CC)(CO)CN(C)C1CCCCCC1. The summed E-state index contributed by atoms with van der Waals surface area (Å²) in [6, 6.07) is 0.751. The Balaban J connectivity index is 2.52. The monoisotopic (exact) mass is 241 g/mol. The smallest absolute Gasteiger partial charge is 0.0499 e. The third kappa shape index (κ3) is 4.26. The van der Waals surface area contributed by atoms with E-state index in [0.717, 1.165) is 25.4 Å². The highest BCUT2D eigenvalue weighted by molar-refractivity contribution is 4.82. The molecule has 102 valence electrons. The van der Waals surface area contributed by atoms with Gasteiger partial charge in [-0.15, -0.1) is 0 Å². The van der Waals surface area contributed by atoms with E-state index in [2.05, 4.69) is 25.8 Å². The third-order valence-electron chi connectivity index (χ3n) is 4.87. The highest BCUT2D eigenvalue weighted by atomic mass is 16.3. The van der Waals surface area contributed by atoms with Crippen molar-refractivity contribution in [3.8, 4) is 0 Å². The van der Waals surface area contributed by atoms with Crippen LogP contribution in [0.4, 0.5) is 0 Å². The molecule has 0 heterocycles. The third-order valence-corrected chi connectivity index (χ3v) is 4.87. The fraction of sp³-hybridized carbons (Fsp3) is 1.00. The number of aliphatic hydroxyl groups is 1. The van der Waals surface area contributed by atoms with Gasteiger partial charge < -0.3 is 10.0 Å². The van der Waals surface area contributed by atoms with E-state index in [1.54, 1.807) is 0 Å². The molecule has 2 heteroatoms. The molecule has 0 aromatic rings. The van der Waals surface area contributed by atoms with Crippen LogP contribution in [0.15, 0.2) is 0 Å². The first kappa shape index (κ1) is 15.0. The summed E-state index contributed by atoms with van der Waals surface area (Å²) >= 11 is 0. The number of aliphatic hydroxyl groups excluding tert-OH is 1. The summed E-state index contributed by atoms with van der Waals surface area (Å²) in [5.41, 5.74) is 0.126. The summed E-state index contributed by atoms with van der Waals surface area (Å²) < 4.78 is 0. The van der Waals surface area contributed by atoms with Gasteiger partial charge in [0.25, 0.3) is 0 Å². The van der Waals surface area contributed by atoms with E-state index in [1.807, 2.05) is 0 Å². The number of hydrogen-bond donors (Lipinski definition) is 1. The first-order chi connectivity index (χ1) is 8.17. The van der Waals surface area contributed by atoms with Crippen molar-refractivity contribution < 1.29 is 5.11 Å². The molecule has 1 fully saturated rings. The van der Waals surface area contributed by atoms with Crippen LogP contribution in [0.1, 0.15) is 65.2 Å². The Hall–Kier alpha value is -0.0800. The van der Waals surface area contributed by atoms with Crippen LogP contribution in [-0.2, 0) is 0 Å². The fourth-order valence-corrected chi connectivity index (χ4v) is 3.10. The molecule has 1 aliphatic rings. The Morgan fingerprint density at radius 2 is 1.59 bits per heavy atom. The maximum Gasteiger partial charge on any atom is 0.0499 e. The molecule has 0 unspecified atom stereocenters. The molecule has 2 nitrogen and oxygen atoms in total. The van der Waals surface area contributed by atoms with Crippen molar-refractivity contribution in [2.45, 2.75) is 71.3 Å². The lowest BCUT2D eigenvalue weighted by Crippen LogP contribution is -2.42. The van der Waals surface area contributed by atoms with Gasteiger partial charge in [-0.1, -0.05) is 39.5 Å². The Morgan fingerprint density at radius 1 is 1.06 bits per heavy atom. The zero-order chi connectivity index (χ0) is 12.7. The van der Waals surface area contributed by atoms with Crippen molar-refractivity contribution in [1.82, 2.24) is 4.90 Å². The van der Waals surface area contributed by atoms with E-state index < -0.39 is 0 Å². The summed E-state index contributed by atoms with van der Waals surface area (Å²) in [4.78, 5) is 2.52. The van der Waals surface area contributed by atoms with Crippen LogP contribution in [0.2, 0.25) is 0 Å². The predicted molar refractivity (Wildman–Crippen MR) is 74.2 cm³/mol. The molecule has 0 aromatic carbocycles. The van der Waals surface area contributed by atoms with E-state index in [-0.39, 0.29) is 5.41 Å². The molecule has 0 saturated heterocycles. The van der Waals surface area contributed by atoms with Gasteiger partial charge in [0.1, 0.15) is 0 Å². The lowest BCUT2D eigenvalue weighted by Gasteiger charge is -2.37. The van der Waals surface area contributed by atoms with Crippen LogP contribution in [0.5, 0.6) is 0 Å². The van der Waals surface area contributed by atoms with Crippen LogP contribution < -0.4 is 0 Å². The van der Waals surface area contributed by atoms with Crippen molar-refractivity contribution in [2.24, 2.45) is 5.41 Å². The minimum atomic E-state index is 0.126. The van der Waals surface area contributed by atoms with E-state index in [4.69, 9.17) is 0 Å². The molecule has 17 heavy (non-hydrogen) atoms. The maximum absolute atomic E-state index is 9.65. The molecule has 0 aliphatic heterocycles. The normalized spacial score (nSPS) is 19.6. The van der Waals surface area contributed by atoms with E-state index in [0.29, 0.717) is 6.61 Å². The lowest BCUT2D eigenvalue weighted by molar-refractivity contribution is 0.0564. The van der Waals surface area contributed by atoms with Crippen LogP contribution in [0.3, 0.4) is 0 Å². The molecular weight excluding hydrogens is 210 g/mol. The molecule has 0 radical (unpaired) electrons. The van der Waals surface area contributed by atoms with Gasteiger partial charge in [-0.3, -0.25) is 0 Å². The second-order valence-corrected chi connectivity index (χ2v) is 5.93. The molecule has 0 atom stereocenters. The van der Waals surface area contributed by atoms with Crippen LogP contribution in [0.25, 0.3) is 0 Å². The second-order valence-electron chi connectivity index (χ2n) is 5.93. The second kappa shape index (κ2) is 7.38. The summed E-state index contributed by atoms with van der Waals surface area (Å²) in [6.07, 6.45) is 10.5. The van der Waals surface area contributed by atoms with E-state index in [1.165, 1.54) is 38.5 Å². The Labute approximate surface area is 107 Å². The molecule has 0 aromatic heterocycles. The highest BCUT2D eigenvalue weighted by Crippen LogP contribution is 2.29. The molecule has 1 saturated carbocycles. The number of nitrogens with zero attached hydrogens (tertiary/aromatic N) is 1. The van der Waals surface area contributed by atoms with Gasteiger partial charge in [-0.05, 0) is 32.7 Å². The Morgan fingerprint density at radius 3 is 2.00 bits per heavy atom. The summed E-state index contributed by atoms with van der Waals surface area (Å²) in [6.45, 7) is 5.81. The zero-order valence-corrected chi connectivity index (χ0v) is 12.0. The largest absolute Gasteiger partial charge is 0.396 e. The van der Waals surface area contributed by atoms with Crippen molar-refractivity contribution >= 4 is 0 Å².